The summed E-state index contributed by atoms with van der Waals surface area (Å²) in [6.45, 7) is 0. The van der Waals surface area contributed by atoms with Crippen LogP contribution in [0.15, 0.2) is 51.3 Å². The van der Waals surface area contributed by atoms with E-state index in [-0.39, 0.29) is 23.7 Å². The Balaban J connectivity index is 1.89. The summed E-state index contributed by atoms with van der Waals surface area (Å²) in [6.07, 6.45) is -4.69. The van der Waals surface area contributed by atoms with Gasteiger partial charge in [0.05, 0.1) is 10.6 Å². The quantitative estimate of drug-likeness (QED) is 0.756. The van der Waals surface area contributed by atoms with E-state index < -0.39 is 32.8 Å². The topological polar surface area (TPSA) is 70.9 Å². The van der Waals surface area contributed by atoms with Crippen LogP contribution in [0.1, 0.15) is 11.1 Å². The van der Waals surface area contributed by atoms with Crippen molar-refractivity contribution in [2.24, 2.45) is 8.80 Å². The standard InChI is InChI=1S/C16H10ClF4N3O2S/c17-13-6-5-11(8-12(13)16(19,20)21)22-15-14(23-27(25,26)24-15)7-9-1-3-10(18)4-2-9/h1-6,8H,7H2,(H,22,24). The zero-order valence-electron chi connectivity index (χ0n) is 13.3. The predicted molar refractivity (Wildman–Crippen MR) is 94.0 cm³/mol. The highest BCUT2D eigenvalue weighted by Gasteiger charge is 2.33. The number of hydrogen-bond donors (Lipinski definition) is 1. The highest BCUT2D eigenvalue weighted by Crippen LogP contribution is 2.36. The third kappa shape index (κ3) is 4.64. The molecule has 142 valence electrons. The summed E-state index contributed by atoms with van der Waals surface area (Å²) in [5.41, 5.74) is -0.596. The number of hydrogen-bond acceptors (Lipinski definition) is 3. The SMILES string of the molecule is O=S1(=O)N=C(Cc2ccc(F)cc2)C(Nc2ccc(Cl)c(C(F)(F)F)c2)=N1. The molecule has 0 unspecified atom stereocenters. The van der Waals surface area contributed by atoms with Crippen LogP contribution in [-0.2, 0) is 22.8 Å². The molecule has 0 spiro atoms. The van der Waals surface area contributed by atoms with Gasteiger partial charge >= 0.3 is 16.4 Å². The van der Waals surface area contributed by atoms with Gasteiger partial charge in [-0.15, -0.1) is 8.80 Å². The first-order valence-electron chi connectivity index (χ1n) is 7.36. The van der Waals surface area contributed by atoms with Gasteiger partial charge in [-0.05, 0) is 35.9 Å². The van der Waals surface area contributed by atoms with Crippen LogP contribution in [0.25, 0.3) is 0 Å². The van der Waals surface area contributed by atoms with E-state index in [9.17, 15) is 26.0 Å². The molecule has 0 fully saturated rings. The Kier molecular flexibility index (Phi) is 4.96. The van der Waals surface area contributed by atoms with E-state index >= 15 is 0 Å². The van der Waals surface area contributed by atoms with Crippen LogP contribution in [0.5, 0.6) is 0 Å². The second-order valence-electron chi connectivity index (χ2n) is 5.55. The number of nitrogens with one attached hydrogen (secondary N) is 1. The van der Waals surface area contributed by atoms with Crippen LogP contribution < -0.4 is 5.32 Å². The fourth-order valence-electron chi connectivity index (χ4n) is 2.33. The summed E-state index contributed by atoms with van der Waals surface area (Å²) in [7, 11) is -4.15. The summed E-state index contributed by atoms with van der Waals surface area (Å²) in [6, 6.07) is 8.28. The third-order valence-corrected chi connectivity index (χ3v) is 4.72. The van der Waals surface area contributed by atoms with E-state index in [2.05, 4.69) is 14.1 Å². The van der Waals surface area contributed by atoms with Crippen molar-refractivity contribution in [2.45, 2.75) is 12.6 Å². The number of alkyl halides is 3. The van der Waals surface area contributed by atoms with Crippen LogP contribution in [0.2, 0.25) is 5.02 Å². The van der Waals surface area contributed by atoms with Crippen molar-refractivity contribution in [1.82, 2.24) is 0 Å². The molecule has 0 radical (unpaired) electrons. The average Bonchev–Trinajstić information content (AvgIpc) is 2.84. The van der Waals surface area contributed by atoms with E-state index in [0.717, 1.165) is 12.1 Å². The zero-order valence-corrected chi connectivity index (χ0v) is 14.8. The van der Waals surface area contributed by atoms with E-state index in [1.807, 2.05) is 0 Å². The summed E-state index contributed by atoms with van der Waals surface area (Å²) in [5.74, 6) is -0.678. The first-order chi connectivity index (χ1) is 12.5. The lowest BCUT2D eigenvalue weighted by atomic mass is 10.1. The lowest BCUT2D eigenvalue weighted by Crippen LogP contribution is -2.23. The molecule has 1 heterocycles. The van der Waals surface area contributed by atoms with Gasteiger partial charge in [0.1, 0.15) is 11.5 Å². The Labute approximate surface area is 156 Å². The minimum absolute atomic E-state index is 0.00887. The van der Waals surface area contributed by atoms with Gasteiger partial charge in [0.2, 0.25) is 0 Å². The normalized spacial score (nSPS) is 16.0. The number of anilines is 1. The van der Waals surface area contributed by atoms with Gasteiger partial charge in [-0.3, -0.25) is 0 Å². The van der Waals surface area contributed by atoms with E-state index in [1.54, 1.807) is 0 Å². The van der Waals surface area contributed by atoms with E-state index in [4.69, 9.17) is 11.6 Å². The Hall–Kier alpha value is -2.46. The largest absolute Gasteiger partial charge is 0.417 e. The molecule has 2 aromatic carbocycles. The lowest BCUT2D eigenvalue weighted by molar-refractivity contribution is -0.137. The molecule has 27 heavy (non-hydrogen) atoms. The molecular formula is C16H10ClF4N3O2S. The summed E-state index contributed by atoms with van der Waals surface area (Å²) < 4.78 is 82.2. The van der Waals surface area contributed by atoms with Crippen LogP contribution in [0, 0.1) is 5.82 Å². The molecule has 0 aliphatic carbocycles. The van der Waals surface area contributed by atoms with Crippen molar-refractivity contribution in [3.05, 3.63) is 64.4 Å². The molecule has 1 aliphatic rings. The molecule has 11 heteroatoms. The van der Waals surface area contributed by atoms with Gasteiger partial charge in [-0.2, -0.15) is 21.6 Å². The van der Waals surface area contributed by atoms with Crippen LogP contribution in [0.4, 0.5) is 23.2 Å². The van der Waals surface area contributed by atoms with Crippen LogP contribution in [0.3, 0.4) is 0 Å². The van der Waals surface area contributed by atoms with Gasteiger partial charge < -0.3 is 5.32 Å². The van der Waals surface area contributed by atoms with Crippen LogP contribution in [-0.4, -0.2) is 20.0 Å². The monoisotopic (exact) mass is 419 g/mol. The molecule has 1 aliphatic heterocycles. The molecule has 1 N–H and O–H groups in total. The van der Waals surface area contributed by atoms with Gasteiger partial charge in [-0.1, -0.05) is 23.7 Å². The highest BCUT2D eigenvalue weighted by molar-refractivity contribution is 7.89. The van der Waals surface area contributed by atoms with Gasteiger partial charge in [0.25, 0.3) is 0 Å². The first-order valence-corrected chi connectivity index (χ1v) is 9.13. The summed E-state index contributed by atoms with van der Waals surface area (Å²) >= 11 is 5.56. The van der Waals surface area contributed by atoms with Crippen molar-refractivity contribution in [1.29, 1.82) is 0 Å². The molecular weight excluding hydrogens is 410 g/mol. The predicted octanol–water partition coefficient (Wildman–Crippen LogP) is 4.25. The Bertz CT molecular complexity index is 1050. The maximum atomic E-state index is 13.0. The first kappa shape index (κ1) is 19.3. The second-order valence-corrected chi connectivity index (χ2v) is 7.21. The van der Waals surface area contributed by atoms with Crippen molar-refractivity contribution in [2.75, 3.05) is 5.32 Å². The number of benzene rings is 2. The van der Waals surface area contributed by atoms with E-state index in [1.165, 1.54) is 30.3 Å². The number of amidine groups is 1. The maximum Gasteiger partial charge on any atom is 0.417 e. The Morgan fingerprint density at radius 3 is 2.33 bits per heavy atom. The van der Waals surface area contributed by atoms with Crippen molar-refractivity contribution >= 4 is 39.0 Å². The minimum atomic E-state index is -4.68. The fourth-order valence-corrected chi connectivity index (χ4v) is 3.41. The number of nitrogens with zero attached hydrogens (tertiary/aromatic N) is 2. The Morgan fingerprint density at radius 2 is 1.70 bits per heavy atom. The van der Waals surface area contributed by atoms with Gasteiger partial charge in [-0.25, -0.2) is 4.39 Å². The third-order valence-electron chi connectivity index (χ3n) is 3.52. The van der Waals surface area contributed by atoms with E-state index in [0.29, 0.717) is 5.56 Å². The summed E-state index contributed by atoms with van der Waals surface area (Å²) in [4.78, 5) is 0. The zero-order chi connectivity index (χ0) is 19.8. The van der Waals surface area contributed by atoms with Gasteiger partial charge in [0.15, 0.2) is 5.84 Å². The number of rotatable bonds is 3. The molecule has 0 saturated carbocycles. The molecule has 5 nitrogen and oxygen atoms in total. The summed E-state index contributed by atoms with van der Waals surface area (Å²) in [5, 5.41) is 2.03. The highest BCUT2D eigenvalue weighted by atomic mass is 35.5. The molecule has 0 bridgehead atoms. The maximum absolute atomic E-state index is 13.0. The molecule has 2 aromatic rings. The average molecular weight is 420 g/mol. The Morgan fingerprint density at radius 1 is 1.04 bits per heavy atom. The van der Waals surface area contributed by atoms with Crippen molar-refractivity contribution < 1.29 is 26.0 Å². The van der Waals surface area contributed by atoms with Gasteiger partial charge in [0, 0.05) is 12.1 Å². The molecule has 3 rings (SSSR count). The minimum Gasteiger partial charge on any atom is -0.338 e. The fraction of sp³-hybridized carbons (Fsp3) is 0.125. The molecule has 0 saturated heterocycles. The van der Waals surface area contributed by atoms with Crippen LogP contribution >= 0.6 is 11.6 Å². The molecule has 0 atom stereocenters. The van der Waals surface area contributed by atoms with Crippen molar-refractivity contribution in [3.63, 3.8) is 0 Å². The number of halogens is 5. The molecule has 0 amide bonds. The second kappa shape index (κ2) is 6.93. The molecule has 0 aromatic heterocycles. The van der Waals surface area contributed by atoms with Crippen molar-refractivity contribution in [3.8, 4) is 0 Å². The smallest absolute Gasteiger partial charge is 0.338 e. The lowest BCUT2D eigenvalue weighted by Gasteiger charge is -2.12.